The molecule has 0 atom stereocenters. The van der Waals surface area contributed by atoms with E-state index in [0.29, 0.717) is 64.0 Å². The number of hydrazone groups is 1. The number of aromatic amines is 2. The van der Waals surface area contributed by atoms with Crippen molar-refractivity contribution in [1.29, 1.82) is 0 Å². The summed E-state index contributed by atoms with van der Waals surface area (Å²) in [5, 5.41) is 87.7. The lowest BCUT2D eigenvalue weighted by atomic mass is 9.86. The highest BCUT2D eigenvalue weighted by atomic mass is 16.4. The van der Waals surface area contributed by atoms with Crippen LogP contribution in [-0.2, 0) is 45.1 Å². The predicted molar refractivity (Wildman–Crippen MR) is 413 cm³/mol. The molecule has 5 aliphatic rings. The normalized spacial score (nSPS) is 15.6. The number of para-hydroxylation sites is 3. The van der Waals surface area contributed by atoms with Gasteiger partial charge in [0.1, 0.15) is 17.1 Å². The lowest BCUT2D eigenvalue weighted by Gasteiger charge is -2.21. The Labute approximate surface area is 616 Å². The number of nitrogens with one attached hydrogen (secondary N) is 2. The lowest BCUT2D eigenvalue weighted by molar-refractivity contribution is -0.132. The molecule has 2 aromatic heterocycles. The molecule has 10 N–H and O–H groups in total. The van der Waals surface area contributed by atoms with E-state index in [1.807, 2.05) is 25.1 Å². The standard InChI is InChI=1S/C28H28N4O4.C28H26N4O4.C15H18N2O.C13H11NO3/c2*1-16-24(26(34)32(31-16)20-11-10-17-12-13-28(2,3)22(17)15-20)30-29-23-9-5-8-21(25(23)33)18-6-4-7-19(14-18)27(35)36;1-10-8-14(18)17(16-10)12-5-4-11-6-7-15(2,3)13(11)9-12;14-11-6-2-5-10(12(11)15)8-3-1-4-9(7-8)13(16)17/h5,7-11,14-15,31,33H,4,6,12-13H2,1-3H3,(H,35,36);4-11,14-15,31,33H,12-13H2,1-3H3,(H,35,36);4-5,9H,6-8H2,1-3H3;1-7,15H,14H2,(H,16,17). The van der Waals surface area contributed by atoms with Crippen LogP contribution in [0.1, 0.15) is 158 Å². The number of carboxylic acids is 3. The number of aromatic carboxylic acids is 2. The molecule has 0 saturated heterocycles. The molecule has 23 heteroatoms. The number of H-pyrrole nitrogens is 2. The van der Waals surface area contributed by atoms with Gasteiger partial charge >= 0.3 is 17.9 Å². The SMILES string of the molecule is CC1=NN(c2ccc3c(c2)C(C)(C)CC3)C(=O)C1.Cc1[nH]n(-c2ccc3c(c2)C(C)(C)CC3)c(=O)c1N=Nc1cccc(-c2cccc(C(=O)O)c2)c1O.Cc1[nH]n(-c2ccc3c(c2)C(C)(C)CC3)c(=O)c1N=Nc1cccc(C2=CC(C(=O)O)=CCC2)c1O.Nc1cccc(-c2cccc(C(=O)O)c2)c1O. The number of fused-ring (bicyclic) bond motifs is 3. The molecule has 0 saturated carbocycles. The number of nitrogens with two attached hydrogens (primary N) is 1. The minimum atomic E-state index is -1.06. The zero-order chi connectivity index (χ0) is 76.6. The third-order valence-corrected chi connectivity index (χ3v) is 20.4. The number of allylic oxidation sites excluding steroid dienone is 2. The first-order valence-electron chi connectivity index (χ1n) is 35.2. The summed E-state index contributed by atoms with van der Waals surface area (Å²) in [5.74, 6) is -3.28. The maximum atomic E-state index is 13.2. The Morgan fingerprint density at radius 3 is 1.36 bits per heavy atom. The van der Waals surface area contributed by atoms with Gasteiger partial charge in [0.05, 0.1) is 57.3 Å². The number of anilines is 2. The first-order chi connectivity index (χ1) is 50.9. The van der Waals surface area contributed by atoms with Gasteiger partial charge in [-0.1, -0.05) is 126 Å². The molecule has 8 aromatic carbocycles. The second kappa shape index (κ2) is 29.8. The second-order valence-electron chi connectivity index (χ2n) is 29.3. The van der Waals surface area contributed by atoms with E-state index in [1.54, 1.807) is 110 Å². The zero-order valence-electron chi connectivity index (χ0n) is 60.8. The van der Waals surface area contributed by atoms with Crippen molar-refractivity contribution >= 4 is 69.2 Å². The van der Waals surface area contributed by atoms with Crippen LogP contribution >= 0.6 is 0 Å². The van der Waals surface area contributed by atoms with Crippen molar-refractivity contribution in [1.82, 2.24) is 19.6 Å². The summed E-state index contributed by atoms with van der Waals surface area (Å²) in [6.07, 6.45) is 11.4. The fourth-order valence-electron chi connectivity index (χ4n) is 14.2. The highest BCUT2D eigenvalue weighted by Gasteiger charge is 2.34. The van der Waals surface area contributed by atoms with E-state index >= 15 is 0 Å². The van der Waals surface area contributed by atoms with E-state index in [0.717, 1.165) is 54.9 Å². The number of aromatic nitrogens is 4. The summed E-state index contributed by atoms with van der Waals surface area (Å²) in [6, 6.07) is 46.0. The number of carboxylic acid groups (broad SMARTS) is 3. The van der Waals surface area contributed by atoms with Crippen molar-refractivity contribution in [3.63, 3.8) is 0 Å². The summed E-state index contributed by atoms with van der Waals surface area (Å²) in [7, 11) is 0. The number of nitrogen functional groups attached to an aromatic ring is 1. The summed E-state index contributed by atoms with van der Waals surface area (Å²) < 4.78 is 2.94. The molecule has 1 amide bonds. The molecule has 0 unspecified atom stereocenters. The Morgan fingerprint density at radius 2 is 0.907 bits per heavy atom. The molecule has 1 aliphatic heterocycles. The summed E-state index contributed by atoms with van der Waals surface area (Å²) in [6.45, 7) is 18.8. The minimum Gasteiger partial charge on any atom is -0.505 e. The first-order valence-corrected chi connectivity index (χ1v) is 35.2. The quantitative estimate of drug-likeness (QED) is 0.0295. The fourth-order valence-corrected chi connectivity index (χ4v) is 14.2. The highest BCUT2D eigenvalue weighted by molar-refractivity contribution is 6.12. The number of carbonyl (C=O) groups is 4. The molecular weight excluding hydrogens is 1350 g/mol. The Hall–Kier alpha value is -12.8. The van der Waals surface area contributed by atoms with Gasteiger partial charge in [-0.2, -0.15) is 5.10 Å². The second-order valence-corrected chi connectivity index (χ2v) is 29.3. The third kappa shape index (κ3) is 15.4. The number of rotatable bonds is 13. The number of carbonyl (C=O) groups excluding carboxylic acids is 1. The zero-order valence-corrected chi connectivity index (χ0v) is 60.8. The molecule has 0 fully saturated rings. The number of azo groups is 2. The van der Waals surface area contributed by atoms with Crippen molar-refractivity contribution < 1.29 is 49.8 Å². The van der Waals surface area contributed by atoms with Crippen LogP contribution < -0.4 is 21.9 Å². The van der Waals surface area contributed by atoms with E-state index in [9.17, 15) is 54.3 Å². The maximum Gasteiger partial charge on any atom is 0.335 e. The number of aryl methyl sites for hydroxylation is 5. The van der Waals surface area contributed by atoms with Gasteiger partial charge in [0.2, 0.25) is 0 Å². The molecule has 107 heavy (non-hydrogen) atoms. The monoisotopic (exact) mass is 1440 g/mol. The van der Waals surface area contributed by atoms with Gasteiger partial charge in [-0.15, -0.1) is 20.5 Å². The van der Waals surface area contributed by atoms with Crippen LogP contribution in [0.25, 0.3) is 39.2 Å². The van der Waals surface area contributed by atoms with Crippen LogP contribution in [0.5, 0.6) is 17.2 Å². The molecule has 4 aliphatic carbocycles. The number of benzene rings is 8. The van der Waals surface area contributed by atoms with Crippen LogP contribution in [0.4, 0.5) is 34.1 Å². The van der Waals surface area contributed by atoms with Crippen molar-refractivity contribution in [3.8, 4) is 50.9 Å². The van der Waals surface area contributed by atoms with Gasteiger partial charge in [-0.3, -0.25) is 24.6 Å². The van der Waals surface area contributed by atoms with E-state index in [-0.39, 0.29) is 95.7 Å². The average molecular weight is 1440 g/mol. The number of amides is 1. The van der Waals surface area contributed by atoms with Crippen molar-refractivity contribution in [2.45, 2.75) is 136 Å². The predicted octanol–water partition coefficient (Wildman–Crippen LogP) is 17.6. The van der Waals surface area contributed by atoms with Gasteiger partial charge in [0, 0.05) is 22.4 Å². The molecule has 23 nitrogen and oxygen atoms in total. The number of nitrogens with zero attached hydrogens (tertiary/aromatic N) is 8. The van der Waals surface area contributed by atoms with Crippen LogP contribution in [0, 0.1) is 13.8 Å². The molecule has 3 heterocycles. The average Bonchev–Trinajstić information content (AvgIpc) is 1.66. The Kier molecular flexibility index (Phi) is 20.6. The smallest absolute Gasteiger partial charge is 0.335 e. The van der Waals surface area contributed by atoms with Gasteiger partial charge in [-0.05, 0) is 223 Å². The molecule has 0 radical (unpaired) electrons. The van der Waals surface area contributed by atoms with E-state index < -0.39 is 17.9 Å². The number of aromatic hydroxyl groups is 3. The number of aliphatic carboxylic acids is 1. The van der Waals surface area contributed by atoms with E-state index in [1.165, 1.54) is 73.4 Å². The third-order valence-electron chi connectivity index (χ3n) is 20.4. The number of hydrogen-bond donors (Lipinski definition) is 9. The summed E-state index contributed by atoms with van der Waals surface area (Å²) >= 11 is 0. The Morgan fingerprint density at radius 1 is 0.486 bits per heavy atom. The molecule has 0 bridgehead atoms. The van der Waals surface area contributed by atoms with Gasteiger partial charge in [0.25, 0.3) is 17.0 Å². The van der Waals surface area contributed by atoms with Crippen LogP contribution in [0.15, 0.2) is 211 Å². The number of hydrogen-bond acceptors (Lipinski definition) is 15. The van der Waals surface area contributed by atoms with E-state index in [2.05, 4.69) is 114 Å². The van der Waals surface area contributed by atoms with E-state index in [4.69, 9.17) is 10.8 Å². The molecule has 0 spiro atoms. The first kappa shape index (κ1) is 73.9. The summed E-state index contributed by atoms with van der Waals surface area (Å²) in [5.41, 5.74) is 22.3. The lowest BCUT2D eigenvalue weighted by Crippen LogP contribution is -2.20. The van der Waals surface area contributed by atoms with Crippen LogP contribution in [0.2, 0.25) is 0 Å². The van der Waals surface area contributed by atoms with Crippen molar-refractivity contribution in [2.24, 2.45) is 25.6 Å². The van der Waals surface area contributed by atoms with Crippen LogP contribution in [0.3, 0.4) is 0 Å². The Bertz CT molecular complexity index is 5540. The highest BCUT2D eigenvalue weighted by Crippen LogP contribution is 2.45. The molecular formula is C84H83N11O12. The van der Waals surface area contributed by atoms with Gasteiger partial charge in [0.15, 0.2) is 22.9 Å². The molecule has 546 valence electrons. The maximum absolute atomic E-state index is 13.2. The number of phenols is 3. The van der Waals surface area contributed by atoms with Crippen molar-refractivity contribution in [3.05, 3.63) is 258 Å². The van der Waals surface area contributed by atoms with Gasteiger partial charge < -0.3 is 36.4 Å². The molecule has 10 aromatic rings. The van der Waals surface area contributed by atoms with Gasteiger partial charge in [-0.25, -0.2) is 28.8 Å². The minimum absolute atomic E-state index is 0.0324. The van der Waals surface area contributed by atoms with Crippen LogP contribution in [-0.4, -0.2) is 79.7 Å². The number of phenolic OH excluding ortho intramolecular Hbond substituents is 3. The molecule has 15 rings (SSSR count). The largest absolute Gasteiger partial charge is 0.505 e. The fraction of sp³-hybridized carbons (Fsp3) is 0.250. The van der Waals surface area contributed by atoms with Crippen molar-refractivity contribution in [2.75, 3.05) is 10.7 Å². The topological polar surface area (TPSA) is 356 Å². The summed E-state index contributed by atoms with van der Waals surface area (Å²) in [4.78, 5) is 71.8. The Balaban J connectivity index is 0.000000141.